The summed E-state index contributed by atoms with van der Waals surface area (Å²) in [5.41, 5.74) is 0. The summed E-state index contributed by atoms with van der Waals surface area (Å²) < 4.78 is 5.19. The molecular weight excluding hydrogens is 278 g/mol. The standard InChI is InChI=1S/C13H23N3O5/c1-2-5-14-11(17)8-15-13(20)16-6-3-10(4-7-16)21-9-12(18)19/h10H,2-9H2,1H3,(H,14,17)(H,15,20)(H,18,19). The van der Waals surface area contributed by atoms with Crippen molar-refractivity contribution in [2.45, 2.75) is 32.3 Å². The monoisotopic (exact) mass is 301 g/mol. The van der Waals surface area contributed by atoms with E-state index in [-0.39, 0.29) is 31.2 Å². The molecule has 0 aliphatic carbocycles. The van der Waals surface area contributed by atoms with Gasteiger partial charge in [-0.15, -0.1) is 0 Å². The van der Waals surface area contributed by atoms with Crippen molar-refractivity contribution < 1.29 is 24.2 Å². The van der Waals surface area contributed by atoms with Gasteiger partial charge in [0.05, 0.1) is 12.6 Å². The van der Waals surface area contributed by atoms with Crippen LogP contribution in [0.15, 0.2) is 0 Å². The molecule has 0 spiro atoms. The lowest BCUT2D eigenvalue weighted by atomic mass is 10.1. The Morgan fingerprint density at radius 2 is 1.90 bits per heavy atom. The zero-order valence-corrected chi connectivity index (χ0v) is 12.3. The molecule has 1 saturated heterocycles. The molecule has 0 radical (unpaired) electrons. The van der Waals surface area contributed by atoms with Gasteiger partial charge in [-0.25, -0.2) is 9.59 Å². The van der Waals surface area contributed by atoms with Gasteiger partial charge in [-0.1, -0.05) is 6.92 Å². The maximum absolute atomic E-state index is 11.8. The number of likely N-dealkylation sites (tertiary alicyclic amines) is 1. The highest BCUT2D eigenvalue weighted by molar-refractivity contribution is 5.83. The molecule has 8 heteroatoms. The number of nitrogens with zero attached hydrogens (tertiary/aromatic N) is 1. The zero-order valence-electron chi connectivity index (χ0n) is 12.3. The first-order valence-corrected chi connectivity index (χ1v) is 7.15. The summed E-state index contributed by atoms with van der Waals surface area (Å²) in [6.07, 6.45) is 1.92. The number of urea groups is 1. The minimum absolute atomic E-state index is 0.0335. The van der Waals surface area contributed by atoms with Crippen molar-refractivity contribution >= 4 is 17.9 Å². The molecule has 0 aromatic heterocycles. The summed E-state index contributed by atoms with van der Waals surface area (Å²) in [5.74, 6) is -1.20. The molecule has 1 aliphatic heterocycles. The average Bonchev–Trinajstić information content (AvgIpc) is 2.49. The van der Waals surface area contributed by atoms with Crippen LogP contribution in [0.5, 0.6) is 0 Å². The van der Waals surface area contributed by atoms with E-state index in [9.17, 15) is 14.4 Å². The Kier molecular flexibility index (Phi) is 7.52. The fraction of sp³-hybridized carbons (Fsp3) is 0.769. The van der Waals surface area contributed by atoms with Crippen LogP contribution in [0.2, 0.25) is 0 Å². The maximum Gasteiger partial charge on any atom is 0.329 e. The third kappa shape index (κ3) is 6.94. The fourth-order valence-electron chi connectivity index (χ4n) is 2.01. The van der Waals surface area contributed by atoms with E-state index >= 15 is 0 Å². The number of piperidine rings is 1. The highest BCUT2D eigenvalue weighted by Crippen LogP contribution is 2.13. The van der Waals surface area contributed by atoms with Gasteiger partial charge in [-0.3, -0.25) is 4.79 Å². The number of carbonyl (C=O) groups excluding carboxylic acids is 2. The molecule has 0 aromatic carbocycles. The molecule has 1 rings (SSSR count). The van der Waals surface area contributed by atoms with Gasteiger partial charge in [0.25, 0.3) is 0 Å². The summed E-state index contributed by atoms with van der Waals surface area (Å²) >= 11 is 0. The topological polar surface area (TPSA) is 108 Å². The van der Waals surface area contributed by atoms with Crippen LogP contribution in [0.4, 0.5) is 4.79 Å². The Hall–Kier alpha value is -1.83. The number of ether oxygens (including phenoxy) is 1. The number of aliphatic carboxylic acids is 1. The maximum atomic E-state index is 11.8. The normalized spacial score (nSPS) is 15.6. The molecule has 1 aliphatic rings. The van der Waals surface area contributed by atoms with Crippen LogP contribution in [-0.2, 0) is 14.3 Å². The van der Waals surface area contributed by atoms with E-state index in [1.54, 1.807) is 4.90 Å². The first-order valence-electron chi connectivity index (χ1n) is 7.15. The summed E-state index contributed by atoms with van der Waals surface area (Å²) in [6, 6.07) is -0.279. The molecule has 0 atom stereocenters. The van der Waals surface area contributed by atoms with E-state index < -0.39 is 5.97 Å². The van der Waals surface area contributed by atoms with Gasteiger partial charge < -0.3 is 25.4 Å². The molecule has 1 heterocycles. The van der Waals surface area contributed by atoms with Crippen molar-refractivity contribution in [1.29, 1.82) is 0 Å². The zero-order chi connectivity index (χ0) is 15.7. The van der Waals surface area contributed by atoms with E-state index in [0.717, 1.165) is 6.42 Å². The number of hydrogen-bond donors (Lipinski definition) is 3. The summed E-state index contributed by atoms with van der Waals surface area (Å²) in [6.45, 7) is 3.19. The van der Waals surface area contributed by atoms with Crippen molar-refractivity contribution in [3.63, 3.8) is 0 Å². The van der Waals surface area contributed by atoms with Crippen molar-refractivity contribution in [3.05, 3.63) is 0 Å². The van der Waals surface area contributed by atoms with Crippen LogP contribution in [0.3, 0.4) is 0 Å². The molecule has 21 heavy (non-hydrogen) atoms. The Balaban J connectivity index is 2.19. The lowest BCUT2D eigenvalue weighted by Gasteiger charge is -2.31. The number of nitrogens with one attached hydrogen (secondary N) is 2. The van der Waals surface area contributed by atoms with Gasteiger partial charge in [-0.05, 0) is 19.3 Å². The second kappa shape index (κ2) is 9.17. The highest BCUT2D eigenvalue weighted by atomic mass is 16.5. The first-order chi connectivity index (χ1) is 10.0. The largest absolute Gasteiger partial charge is 0.480 e. The van der Waals surface area contributed by atoms with Gasteiger partial charge in [0, 0.05) is 19.6 Å². The smallest absolute Gasteiger partial charge is 0.329 e. The highest BCUT2D eigenvalue weighted by Gasteiger charge is 2.23. The van der Waals surface area contributed by atoms with Crippen molar-refractivity contribution in [3.8, 4) is 0 Å². The van der Waals surface area contributed by atoms with Gasteiger partial charge in [0.15, 0.2) is 0 Å². The summed E-state index contributed by atoms with van der Waals surface area (Å²) in [5, 5.41) is 13.8. The SMILES string of the molecule is CCCNC(=O)CNC(=O)N1CCC(OCC(=O)O)CC1. The predicted octanol–water partition coefficient (Wildman–Crippen LogP) is -0.212. The number of amides is 3. The summed E-state index contributed by atoms with van der Waals surface area (Å²) in [7, 11) is 0. The van der Waals surface area contributed by atoms with Crippen molar-refractivity contribution in [2.24, 2.45) is 0 Å². The van der Waals surface area contributed by atoms with Crippen LogP contribution in [0, 0.1) is 0 Å². The Morgan fingerprint density at radius 3 is 2.48 bits per heavy atom. The van der Waals surface area contributed by atoms with Crippen molar-refractivity contribution in [2.75, 3.05) is 32.8 Å². The second-order valence-electron chi connectivity index (χ2n) is 4.90. The Morgan fingerprint density at radius 1 is 1.24 bits per heavy atom. The lowest BCUT2D eigenvalue weighted by molar-refractivity contribution is -0.145. The molecule has 0 saturated carbocycles. The van der Waals surface area contributed by atoms with Crippen LogP contribution >= 0.6 is 0 Å². The molecule has 3 N–H and O–H groups in total. The van der Waals surface area contributed by atoms with E-state index in [0.29, 0.717) is 32.5 Å². The number of carbonyl (C=O) groups is 3. The molecule has 3 amide bonds. The molecule has 0 aromatic rings. The van der Waals surface area contributed by atoms with Crippen LogP contribution in [0.1, 0.15) is 26.2 Å². The third-order valence-corrected chi connectivity index (χ3v) is 3.14. The molecule has 1 fully saturated rings. The number of hydrogen-bond acceptors (Lipinski definition) is 4. The minimum Gasteiger partial charge on any atom is -0.480 e. The minimum atomic E-state index is -0.992. The second-order valence-corrected chi connectivity index (χ2v) is 4.90. The lowest BCUT2D eigenvalue weighted by Crippen LogP contribution is -2.48. The number of carboxylic acid groups (broad SMARTS) is 1. The van der Waals surface area contributed by atoms with Crippen molar-refractivity contribution in [1.82, 2.24) is 15.5 Å². The number of rotatable bonds is 7. The quantitative estimate of drug-likeness (QED) is 0.603. The number of carboxylic acids is 1. The van der Waals surface area contributed by atoms with E-state index in [1.165, 1.54) is 0 Å². The molecule has 8 nitrogen and oxygen atoms in total. The first kappa shape index (κ1) is 17.2. The van der Waals surface area contributed by atoms with Crippen LogP contribution in [0.25, 0.3) is 0 Å². The fourth-order valence-corrected chi connectivity index (χ4v) is 2.01. The summed E-state index contributed by atoms with van der Waals surface area (Å²) in [4.78, 5) is 35.2. The molecular formula is C13H23N3O5. The predicted molar refractivity (Wildman–Crippen MR) is 74.9 cm³/mol. The van der Waals surface area contributed by atoms with Gasteiger partial charge in [-0.2, -0.15) is 0 Å². The molecule has 120 valence electrons. The van der Waals surface area contributed by atoms with E-state index in [4.69, 9.17) is 9.84 Å². The van der Waals surface area contributed by atoms with Gasteiger partial charge in [0.2, 0.25) is 5.91 Å². The van der Waals surface area contributed by atoms with Gasteiger partial charge in [0.1, 0.15) is 6.61 Å². The third-order valence-electron chi connectivity index (χ3n) is 3.14. The van der Waals surface area contributed by atoms with Crippen LogP contribution < -0.4 is 10.6 Å². The van der Waals surface area contributed by atoms with E-state index in [2.05, 4.69) is 10.6 Å². The Labute approximate surface area is 123 Å². The molecule has 0 unspecified atom stereocenters. The van der Waals surface area contributed by atoms with E-state index in [1.807, 2.05) is 6.92 Å². The average molecular weight is 301 g/mol. The van der Waals surface area contributed by atoms with Crippen LogP contribution in [-0.4, -0.2) is 66.8 Å². The molecule has 0 bridgehead atoms. The van der Waals surface area contributed by atoms with Gasteiger partial charge >= 0.3 is 12.0 Å². The Bertz CT molecular complexity index is 367.